The van der Waals surface area contributed by atoms with Gasteiger partial charge in [0.05, 0.1) is 37.4 Å². The molecule has 11 heteroatoms. The second-order valence-corrected chi connectivity index (χ2v) is 12.0. The molecule has 4 heterocycles. The van der Waals surface area contributed by atoms with Gasteiger partial charge in [-0.1, -0.05) is 0 Å². The van der Waals surface area contributed by atoms with E-state index in [1.807, 2.05) is 37.5 Å². The Morgan fingerprint density at radius 2 is 2.08 bits per heavy atom. The van der Waals surface area contributed by atoms with Crippen molar-refractivity contribution in [2.45, 2.75) is 64.8 Å². The highest BCUT2D eigenvalue weighted by Gasteiger charge is 2.31. The molecule has 2 atom stereocenters. The molecule has 0 bridgehead atoms. The van der Waals surface area contributed by atoms with E-state index in [1.54, 1.807) is 24.3 Å². The maximum atomic E-state index is 15.3. The van der Waals surface area contributed by atoms with Crippen molar-refractivity contribution in [1.29, 1.82) is 0 Å². The van der Waals surface area contributed by atoms with Crippen LogP contribution >= 0.6 is 15.9 Å². The van der Waals surface area contributed by atoms with Gasteiger partial charge in [0.25, 0.3) is 0 Å². The SMILES string of the molecule is COc1cc(Br)c(F)c2nc(-c3ccc(N4CCC[C@@H]4C)nc3)n(CC3CN(C(=O)OC(C)(C)C)CCO3)c12. The summed E-state index contributed by atoms with van der Waals surface area (Å²) < 4.78 is 34.8. The first-order valence-electron chi connectivity index (χ1n) is 13.3. The number of amides is 1. The maximum absolute atomic E-state index is 15.3. The standard InChI is InChI=1S/C28H35BrFN5O4/c1-17-7-6-10-34(17)22-9-8-18(14-31-22)26-32-24-23(30)20(29)13-21(37-5)25(24)35(26)16-19-15-33(11-12-38-19)27(36)39-28(2,3)4/h8-9,13-14,17,19H,6-7,10-12,15-16H2,1-5H3/t17-,19?/m0/s1. The average molecular weight is 605 g/mol. The molecule has 2 aliphatic heterocycles. The van der Waals surface area contributed by atoms with Crippen LogP contribution in [0.3, 0.4) is 0 Å². The molecule has 0 N–H and O–H groups in total. The third-order valence-corrected chi connectivity index (χ3v) is 7.70. The van der Waals surface area contributed by atoms with Gasteiger partial charge in [-0.25, -0.2) is 19.2 Å². The molecule has 9 nitrogen and oxygen atoms in total. The van der Waals surface area contributed by atoms with Crippen LogP contribution in [0.4, 0.5) is 15.0 Å². The van der Waals surface area contributed by atoms with Crippen LogP contribution in [-0.2, 0) is 16.0 Å². The minimum atomic E-state index is -0.594. The largest absolute Gasteiger partial charge is 0.494 e. The van der Waals surface area contributed by atoms with Crippen LogP contribution in [0.5, 0.6) is 5.75 Å². The number of morpholine rings is 1. The Bertz CT molecular complexity index is 1360. The van der Waals surface area contributed by atoms with Gasteiger partial charge >= 0.3 is 6.09 Å². The number of halogens is 2. The van der Waals surface area contributed by atoms with Crippen molar-refractivity contribution in [2.75, 3.05) is 38.3 Å². The van der Waals surface area contributed by atoms with Crippen molar-refractivity contribution >= 4 is 38.9 Å². The van der Waals surface area contributed by atoms with Crippen LogP contribution in [0.1, 0.15) is 40.5 Å². The molecule has 3 aromatic rings. The molecule has 0 radical (unpaired) electrons. The van der Waals surface area contributed by atoms with Crippen LogP contribution in [0.15, 0.2) is 28.9 Å². The molecule has 0 aliphatic carbocycles. The number of fused-ring (bicyclic) bond motifs is 1. The molecule has 2 fully saturated rings. The number of imidazole rings is 1. The summed E-state index contributed by atoms with van der Waals surface area (Å²) in [5.41, 5.74) is 0.860. The quantitative estimate of drug-likeness (QED) is 0.373. The second kappa shape index (κ2) is 10.9. The number of anilines is 1. The number of rotatable bonds is 5. The van der Waals surface area contributed by atoms with Gasteiger partial charge in [-0.05, 0) is 74.7 Å². The number of aromatic nitrogens is 3. The Labute approximate surface area is 236 Å². The van der Waals surface area contributed by atoms with Crippen LogP contribution < -0.4 is 9.64 Å². The lowest BCUT2D eigenvalue weighted by atomic mass is 10.2. The number of ether oxygens (including phenoxy) is 3. The van der Waals surface area contributed by atoms with E-state index in [-0.39, 0.29) is 22.2 Å². The normalized spacial score (nSPS) is 20.1. The minimum absolute atomic E-state index is 0.188. The van der Waals surface area contributed by atoms with Crippen molar-refractivity contribution < 1.29 is 23.4 Å². The van der Waals surface area contributed by atoms with Gasteiger partial charge in [0.15, 0.2) is 5.82 Å². The summed E-state index contributed by atoms with van der Waals surface area (Å²) in [6, 6.07) is 6.01. The molecular formula is C28H35BrFN5O4. The zero-order chi connectivity index (χ0) is 27.9. The second-order valence-electron chi connectivity index (χ2n) is 11.1. The Balaban J connectivity index is 1.52. The smallest absolute Gasteiger partial charge is 0.410 e. The molecule has 1 unspecified atom stereocenters. The van der Waals surface area contributed by atoms with E-state index in [4.69, 9.17) is 24.2 Å². The Hall–Kier alpha value is -2.92. The molecule has 0 spiro atoms. The molecule has 2 saturated heterocycles. The summed E-state index contributed by atoms with van der Waals surface area (Å²) >= 11 is 3.29. The van der Waals surface area contributed by atoms with E-state index in [0.717, 1.165) is 30.8 Å². The van der Waals surface area contributed by atoms with Gasteiger partial charge in [0.2, 0.25) is 0 Å². The predicted octanol–water partition coefficient (Wildman–Crippen LogP) is 5.63. The van der Waals surface area contributed by atoms with Gasteiger partial charge < -0.3 is 28.6 Å². The van der Waals surface area contributed by atoms with Gasteiger partial charge in [0.1, 0.15) is 34.0 Å². The summed E-state index contributed by atoms with van der Waals surface area (Å²) in [6.45, 7) is 10.2. The zero-order valence-corrected chi connectivity index (χ0v) is 24.6. The topological polar surface area (TPSA) is 82.0 Å². The number of hydrogen-bond donors (Lipinski definition) is 0. The first-order valence-corrected chi connectivity index (χ1v) is 14.1. The van der Waals surface area contributed by atoms with Crippen LogP contribution in [0.2, 0.25) is 0 Å². The third-order valence-electron chi connectivity index (χ3n) is 7.13. The molecule has 2 aromatic heterocycles. The third kappa shape index (κ3) is 5.70. The van der Waals surface area contributed by atoms with E-state index in [1.165, 1.54) is 0 Å². The highest BCUT2D eigenvalue weighted by molar-refractivity contribution is 9.10. The van der Waals surface area contributed by atoms with Gasteiger partial charge in [-0.2, -0.15) is 0 Å². The van der Waals surface area contributed by atoms with Crippen molar-refractivity contribution in [2.24, 2.45) is 0 Å². The Morgan fingerprint density at radius 1 is 1.28 bits per heavy atom. The van der Waals surface area contributed by atoms with E-state index >= 15 is 4.39 Å². The lowest BCUT2D eigenvalue weighted by Crippen LogP contribution is -2.48. The van der Waals surface area contributed by atoms with E-state index in [0.29, 0.717) is 49.4 Å². The summed E-state index contributed by atoms with van der Waals surface area (Å²) in [7, 11) is 1.55. The number of carbonyl (C=O) groups excluding carboxylic acids is 1. The van der Waals surface area contributed by atoms with Crippen LogP contribution in [-0.4, -0.2) is 76.6 Å². The number of carbonyl (C=O) groups is 1. The summed E-state index contributed by atoms with van der Waals surface area (Å²) in [5.74, 6) is 1.47. The highest BCUT2D eigenvalue weighted by Crippen LogP contribution is 2.37. The summed E-state index contributed by atoms with van der Waals surface area (Å²) in [5, 5.41) is 0. The molecule has 0 saturated carbocycles. The van der Waals surface area contributed by atoms with Crippen molar-refractivity contribution in [3.05, 3.63) is 34.7 Å². The number of methoxy groups -OCH3 is 1. The molecule has 5 rings (SSSR count). The molecule has 2 aliphatic rings. The molecule has 210 valence electrons. The number of pyridine rings is 1. The molecule has 1 aromatic carbocycles. The van der Waals surface area contributed by atoms with Gasteiger partial charge in [0, 0.05) is 30.9 Å². The number of hydrogen-bond acceptors (Lipinski definition) is 7. The lowest BCUT2D eigenvalue weighted by molar-refractivity contribution is -0.0468. The van der Waals surface area contributed by atoms with Gasteiger partial charge in [-0.3, -0.25) is 0 Å². The molecular weight excluding hydrogens is 569 g/mol. The van der Waals surface area contributed by atoms with Gasteiger partial charge in [-0.15, -0.1) is 0 Å². The average Bonchev–Trinajstić information content (AvgIpc) is 3.49. The highest BCUT2D eigenvalue weighted by atomic mass is 79.9. The number of benzene rings is 1. The van der Waals surface area contributed by atoms with Crippen molar-refractivity contribution in [1.82, 2.24) is 19.4 Å². The lowest BCUT2D eigenvalue weighted by Gasteiger charge is -2.34. The maximum Gasteiger partial charge on any atom is 0.410 e. The van der Waals surface area contributed by atoms with E-state index < -0.39 is 11.4 Å². The van der Waals surface area contributed by atoms with Crippen molar-refractivity contribution in [3.63, 3.8) is 0 Å². The Morgan fingerprint density at radius 3 is 2.72 bits per heavy atom. The van der Waals surface area contributed by atoms with Crippen molar-refractivity contribution in [3.8, 4) is 17.1 Å². The first-order chi connectivity index (χ1) is 18.6. The predicted molar refractivity (Wildman–Crippen MR) is 151 cm³/mol. The number of nitrogens with zero attached hydrogens (tertiary/aromatic N) is 5. The summed E-state index contributed by atoms with van der Waals surface area (Å²) in [4.78, 5) is 26.2. The zero-order valence-electron chi connectivity index (χ0n) is 23.0. The fourth-order valence-corrected chi connectivity index (χ4v) is 5.65. The van der Waals surface area contributed by atoms with Crippen LogP contribution in [0.25, 0.3) is 22.4 Å². The Kier molecular flexibility index (Phi) is 7.74. The molecule has 1 amide bonds. The fourth-order valence-electron chi connectivity index (χ4n) is 5.26. The van der Waals surface area contributed by atoms with Crippen LogP contribution in [0, 0.1) is 5.82 Å². The minimum Gasteiger partial charge on any atom is -0.494 e. The summed E-state index contributed by atoms with van der Waals surface area (Å²) in [6.07, 6.45) is 3.34. The monoisotopic (exact) mass is 603 g/mol. The first kappa shape index (κ1) is 27.6. The van der Waals surface area contributed by atoms with E-state index in [9.17, 15) is 4.79 Å². The fraction of sp³-hybridized carbons (Fsp3) is 0.536. The molecule has 39 heavy (non-hydrogen) atoms. The van der Waals surface area contributed by atoms with E-state index in [2.05, 4.69) is 27.8 Å².